The van der Waals surface area contributed by atoms with Crippen LogP contribution < -0.4 is 11.5 Å². The molecule has 0 aliphatic rings. The van der Waals surface area contributed by atoms with E-state index in [1.165, 1.54) is 10.6 Å². The number of oxazole rings is 1. The number of aryl methyl sites for hydroxylation is 1. The Labute approximate surface area is 114 Å². The summed E-state index contributed by atoms with van der Waals surface area (Å²) in [4.78, 5) is 11.4. The van der Waals surface area contributed by atoms with Crippen molar-refractivity contribution in [3.05, 3.63) is 34.3 Å². The van der Waals surface area contributed by atoms with Crippen LogP contribution in [-0.4, -0.2) is 16.7 Å². The standard InChI is InChI=1S/C12H11F5N2O2/c1-2-19-7-4-3-6(5-8(7)21-10(19)20)9(18)11(13,14)12(15,16)17/h3-5,9H,2,18H2,1H3. The molecular weight excluding hydrogens is 299 g/mol. The van der Waals surface area contributed by atoms with E-state index in [-0.39, 0.29) is 12.1 Å². The van der Waals surface area contributed by atoms with Crippen molar-refractivity contribution >= 4 is 11.1 Å². The van der Waals surface area contributed by atoms with Gasteiger partial charge in [-0.25, -0.2) is 4.79 Å². The molecule has 2 aromatic rings. The van der Waals surface area contributed by atoms with Gasteiger partial charge in [0.25, 0.3) is 0 Å². The van der Waals surface area contributed by atoms with E-state index in [2.05, 4.69) is 0 Å². The average Bonchev–Trinajstić information content (AvgIpc) is 2.70. The maximum atomic E-state index is 13.2. The molecule has 0 radical (unpaired) electrons. The number of halogens is 5. The second-order valence-electron chi connectivity index (χ2n) is 4.44. The molecule has 116 valence electrons. The number of alkyl halides is 5. The van der Waals surface area contributed by atoms with Crippen LogP contribution in [0, 0.1) is 0 Å². The molecule has 0 saturated heterocycles. The fourth-order valence-electron chi connectivity index (χ4n) is 1.96. The quantitative estimate of drug-likeness (QED) is 0.887. The molecule has 1 aromatic heterocycles. The molecule has 0 aliphatic carbocycles. The first kappa shape index (κ1) is 15.5. The van der Waals surface area contributed by atoms with Gasteiger partial charge in [0.05, 0.1) is 5.52 Å². The van der Waals surface area contributed by atoms with Crippen LogP contribution >= 0.6 is 0 Å². The molecule has 0 bridgehead atoms. The average molecular weight is 310 g/mol. The fourth-order valence-corrected chi connectivity index (χ4v) is 1.96. The van der Waals surface area contributed by atoms with Gasteiger partial charge in [-0.15, -0.1) is 0 Å². The molecule has 4 nitrogen and oxygen atoms in total. The Bertz CT molecular complexity index is 716. The van der Waals surface area contributed by atoms with Gasteiger partial charge in [-0.3, -0.25) is 4.57 Å². The lowest BCUT2D eigenvalue weighted by Gasteiger charge is -2.25. The van der Waals surface area contributed by atoms with E-state index in [1.807, 2.05) is 0 Å². The number of hydrogen-bond donors (Lipinski definition) is 1. The lowest BCUT2D eigenvalue weighted by Crippen LogP contribution is -2.45. The predicted molar refractivity (Wildman–Crippen MR) is 64.1 cm³/mol. The van der Waals surface area contributed by atoms with Crippen LogP contribution in [0.1, 0.15) is 18.5 Å². The molecule has 0 aliphatic heterocycles. The van der Waals surface area contributed by atoms with Gasteiger partial charge in [0.15, 0.2) is 5.58 Å². The molecule has 0 fully saturated rings. The maximum Gasteiger partial charge on any atom is 0.455 e. The molecule has 2 rings (SSSR count). The largest absolute Gasteiger partial charge is 0.455 e. The molecule has 1 heterocycles. The Morgan fingerprint density at radius 3 is 2.43 bits per heavy atom. The van der Waals surface area contributed by atoms with Crippen LogP contribution in [0.3, 0.4) is 0 Å². The molecule has 2 N–H and O–H groups in total. The zero-order valence-electron chi connectivity index (χ0n) is 10.7. The van der Waals surface area contributed by atoms with Gasteiger partial charge in [-0.2, -0.15) is 22.0 Å². The summed E-state index contributed by atoms with van der Waals surface area (Å²) in [6.45, 7) is 1.93. The second kappa shape index (κ2) is 4.83. The maximum absolute atomic E-state index is 13.2. The second-order valence-corrected chi connectivity index (χ2v) is 4.44. The van der Waals surface area contributed by atoms with E-state index >= 15 is 0 Å². The lowest BCUT2D eigenvalue weighted by atomic mass is 10.0. The Morgan fingerprint density at radius 1 is 1.29 bits per heavy atom. The zero-order valence-corrected chi connectivity index (χ0v) is 10.7. The Kier molecular flexibility index (Phi) is 3.56. The summed E-state index contributed by atoms with van der Waals surface area (Å²) in [6, 6.07) is 0.587. The van der Waals surface area contributed by atoms with Crippen LogP contribution in [0.15, 0.2) is 27.4 Å². The zero-order chi connectivity index (χ0) is 16.0. The van der Waals surface area contributed by atoms with Crippen molar-refractivity contribution in [3.8, 4) is 0 Å². The monoisotopic (exact) mass is 310 g/mol. The van der Waals surface area contributed by atoms with Crippen LogP contribution in [0.5, 0.6) is 0 Å². The van der Waals surface area contributed by atoms with Gasteiger partial charge in [-0.1, -0.05) is 6.07 Å². The van der Waals surface area contributed by atoms with Gasteiger partial charge < -0.3 is 10.2 Å². The van der Waals surface area contributed by atoms with Crippen LogP contribution in [0.25, 0.3) is 11.1 Å². The number of fused-ring (bicyclic) bond motifs is 1. The number of benzene rings is 1. The number of aromatic nitrogens is 1. The van der Waals surface area contributed by atoms with Gasteiger partial charge in [0.2, 0.25) is 0 Å². The number of rotatable bonds is 3. The molecule has 1 aromatic carbocycles. The van der Waals surface area contributed by atoms with Crippen molar-refractivity contribution < 1.29 is 26.4 Å². The van der Waals surface area contributed by atoms with E-state index in [4.69, 9.17) is 10.2 Å². The smallest absolute Gasteiger partial charge is 0.408 e. The summed E-state index contributed by atoms with van der Waals surface area (Å²) in [6.07, 6.45) is -5.77. The minimum atomic E-state index is -5.77. The minimum absolute atomic E-state index is 0.0900. The first-order chi connectivity index (χ1) is 9.59. The summed E-state index contributed by atoms with van der Waals surface area (Å²) >= 11 is 0. The summed E-state index contributed by atoms with van der Waals surface area (Å²) in [5, 5.41) is 0. The Balaban J connectivity index is 2.51. The van der Waals surface area contributed by atoms with Crippen molar-refractivity contribution in [2.24, 2.45) is 5.73 Å². The fraction of sp³-hybridized carbons (Fsp3) is 0.417. The first-order valence-electron chi connectivity index (χ1n) is 5.93. The van der Waals surface area contributed by atoms with E-state index in [0.29, 0.717) is 5.52 Å². The van der Waals surface area contributed by atoms with Crippen molar-refractivity contribution in [3.63, 3.8) is 0 Å². The van der Waals surface area contributed by atoms with Crippen molar-refractivity contribution in [2.45, 2.75) is 31.6 Å². The molecular formula is C12H11F5N2O2. The van der Waals surface area contributed by atoms with Crippen LogP contribution in [0.4, 0.5) is 22.0 Å². The van der Waals surface area contributed by atoms with Crippen LogP contribution in [0.2, 0.25) is 0 Å². The van der Waals surface area contributed by atoms with E-state index in [9.17, 15) is 26.7 Å². The molecule has 21 heavy (non-hydrogen) atoms. The third kappa shape index (κ3) is 2.41. The van der Waals surface area contributed by atoms with E-state index < -0.39 is 29.5 Å². The normalized spacial score (nSPS) is 14.6. The van der Waals surface area contributed by atoms with Crippen molar-refractivity contribution in [1.29, 1.82) is 0 Å². The van der Waals surface area contributed by atoms with Crippen molar-refractivity contribution in [2.75, 3.05) is 0 Å². The lowest BCUT2D eigenvalue weighted by molar-refractivity contribution is -0.290. The number of nitrogens with zero attached hydrogens (tertiary/aromatic N) is 1. The third-order valence-corrected chi connectivity index (χ3v) is 3.14. The van der Waals surface area contributed by atoms with Gasteiger partial charge in [0.1, 0.15) is 6.04 Å². The van der Waals surface area contributed by atoms with Gasteiger partial charge in [0, 0.05) is 6.54 Å². The highest BCUT2D eigenvalue weighted by atomic mass is 19.4. The Hall–Kier alpha value is -1.90. The third-order valence-electron chi connectivity index (χ3n) is 3.14. The first-order valence-corrected chi connectivity index (χ1v) is 5.93. The molecule has 0 amide bonds. The molecule has 1 unspecified atom stereocenters. The Morgan fingerprint density at radius 2 is 1.90 bits per heavy atom. The molecule has 9 heteroatoms. The highest BCUT2D eigenvalue weighted by molar-refractivity contribution is 5.74. The predicted octanol–water partition coefficient (Wildman–Crippen LogP) is 2.81. The number of nitrogens with two attached hydrogens (primary N) is 1. The molecule has 1 atom stereocenters. The van der Waals surface area contributed by atoms with E-state index in [1.54, 1.807) is 6.92 Å². The topological polar surface area (TPSA) is 61.2 Å². The molecule has 0 saturated carbocycles. The number of hydrogen-bond acceptors (Lipinski definition) is 3. The summed E-state index contributed by atoms with van der Waals surface area (Å²) in [5.41, 5.74) is 4.77. The van der Waals surface area contributed by atoms with Crippen LogP contribution in [-0.2, 0) is 6.54 Å². The highest BCUT2D eigenvalue weighted by Gasteiger charge is 2.61. The van der Waals surface area contributed by atoms with Gasteiger partial charge >= 0.3 is 17.9 Å². The summed E-state index contributed by atoms with van der Waals surface area (Å²) < 4.78 is 69.3. The minimum Gasteiger partial charge on any atom is -0.408 e. The highest BCUT2D eigenvalue weighted by Crippen LogP contribution is 2.43. The summed E-state index contributed by atoms with van der Waals surface area (Å²) in [5.74, 6) is -5.81. The SMILES string of the molecule is CCn1c(=O)oc2cc(C(N)C(F)(F)C(F)(F)F)ccc21. The molecule has 0 spiro atoms. The summed E-state index contributed by atoms with van der Waals surface area (Å²) in [7, 11) is 0. The van der Waals surface area contributed by atoms with Crippen molar-refractivity contribution in [1.82, 2.24) is 4.57 Å². The van der Waals surface area contributed by atoms with E-state index in [0.717, 1.165) is 12.1 Å². The van der Waals surface area contributed by atoms with Gasteiger partial charge in [-0.05, 0) is 24.6 Å².